The van der Waals surface area contributed by atoms with Gasteiger partial charge in [0, 0.05) is 26.1 Å². The van der Waals surface area contributed by atoms with E-state index >= 15 is 0 Å². The topological polar surface area (TPSA) is 49.9 Å². The van der Waals surface area contributed by atoms with Crippen molar-refractivity contribution in [1.82, 2.24) is 9.80 Å². The van der Waals surface area contributed by atoms with Gasteiger partial charge in [0.25, 0.3) is 5.91 Å². The maximum absolute atomic E-state index is 13.1. The van der Waals surface area contributed by atoms with Gasteiger partial charge in [-0.05, 0) is 44.2 Å². The molecule has 1 atom stereocenters. The fourth-order valence-electron chi connectivity index (χ4n) is 4.20. The van der Waals surface area contributed by atoms with Crippen molar-refractivity contribution in [3.8, 4) is 5.75 Å². The van der Waals surface area contributed by atoms with Crippen LogP contribution in [0, 0.1) is 5.92 Å². The molecule has 1 aromatic rings. The van der Waals surface area contributed by atoms with Crippen LogP contribution < -0.4 is 4.74 Å². The molecule has 0 bridgehead atoms. The van der Waals surface area contributed by atoms with Crippen molar-refractivity contribution in [2.24, 2.45) is 5.92 Å². The molecular formula is C25H37F3N2O3. The van der Waals surface area contributed by atoms with E-state index in [-0.39, 0.29) is 24.5 Å². The molecule has 2 rings (SSSR count). The summed E-state index contributed by atoms with van der Waals surface area (Å²) in [5.74, 6) is 0.0798. The Bertz CT molecular complexity index is 768. The van der Waals surface area contributed by atoms with Crippen LogP contribution in [0.1, 0.15) is 76.1 Å². The summed E-state index contributed by atoms with van der Waals surface area (Å²) >= 11 is 0. The van der Waals surface area contributed by atoms with Crippen LogP contribution in [0.4, 0.5) is 13.2 Å². The molecule has 0 saturated heterocycles. The molecule has 0 N–H and O–H groups in total. The lowest BCUT2D eigenvalue weighted by atomic mass is 10.0. The smallest absolute Gasteiger partial charge is 0.389 e. The Hall–Kier alpha value is -2.25. The first-order valence-corrected chi connectivity index (χ1v) is 12.0. The maximum Gasteiger partial charge on any atom is 0.389 e. The fourth-order valence-corrected chi connectivity index (χ4v) is 4.20. The summed E-state index contributed by atoms with van der Waals surface area (Å²) in [7, 11) is 0. The van der Waals surface area contributed by atoms with E-state index in [9.17, 15) is 22.8 Å². The van der Waals surface area contributed by atoms with Gasteiger partial charge in [0.15, 0.2) is 0 Å². The zero-order chi connectivity index (χ0) is 24.4. The molecule has 1 aromatic carbocycles. The first-order valence-electron chi connectivity index (χ1n) is 12.0. The molecule has 0 saturated carbocycles. The fraction of sp³-hybridized carbons (Fsp3) is 0.680. The Labute approximate surface area is 195 Å². The van der Waals surface area contributed by atoms with Crippen molar-refractivity contribution in [1.29, 1.82) is 0 Å². The Morgan fingerprint density at radius 1 is 1.12 bits per heavy atom. The van der Waals surface area contributed by atoms with Gasteiger partial charge in [-0.3, -0.25) is 9.59 Å². The number of carbonyl (C=O) groups excluding carboxylic acids is 2. The highest BCUT2D eigenvalue weighted by atomic mass is 19.4. The van der Waals surface area contributed by atoms with Crippen LogP contribution in [-0.2, 0) is 4.79 Å². The third-order valence-corrected chi connectivity index (χ3v) is 5.92. The minimum atomic E-state index is -4.37. The Kier molecular flexibility index (Phi) is 10.5. The number of ether oxygens (including phenoxy) is 1. The lowest BCUT2D eigenvalue weighted by Crippen LogP contribution is -2.45. The Morgan fingerprint density at radius 2 is 1.79 bits per heavy atom. The summed E-state index contributed by atoms with van der Waals surface area (Å²) in [6.45, 7) is 7.76. The molecule has 0 unspecified atom stereocenters. The van der Waals surface area contributed by atoms with Gasteiger partial charge in [-0.15, -0.1) is 0 Å². The second-order valence-electron chi connectivity index (χ2n) is 9.09. The van der Waals surface area contributed by atoms with Gasteiger partial charge >= 0.3 is 6.18 Å². The summed E-state index contributed by atoms with van der Waals surface area (Å²) in [6.07, 6.45) is -2.16. The van der Waals surface area contributed by atoms with Gasteiger partial charge in [0.05, 0.1) is 18.0 Å². The highest BCUT2D eigenvalue weighted by molar-refractivity contribution is 5.96. The highest BCUT2D eigenvalue weighted by Gasteiger charge is 2.32. The van der Waals surface area contributed by atoms with E-state index in [2.05, 4.69) is 0 Å². The average Bonchev–Trinajstić information content (AvgIpc) is 2.76. The Balaban J connectivity index is 2.31. The number of hydrogen-bond acceptors (Lipinski definition) is 3. The van der Waals surface area contributed by atoms with Crippen molar-refractivity contribution in [2.75, 3.05) is 26.2 Å². The van der Waals surface area contributed by atoms with Crippen LogP contribution in [0.3, 0.4) is 0 Å². The second-order valence-corrected chi connectivity index (χ2v) is 9.09. The number of nitrogens with zero attached hydrogens (tertiary/aromatic N) is 2. The molecule has 0 radical (unpaired) electrons. The minimum absolute atomic E-state index is 0.0938. The molecule has 0 spiro atoms. The third kappa shape index (κ3) is 8.89. The van der Waals surface area contributed by atoms with Crippen LogP contribution in [-0.4, -0.2) is 60.1 Å². The van der Waals surface area contributed by atoms with Crippen LogP contribution in [0.5, 0.6) is 5.75 Å². The van der Waals surface area contributed by atoms with E-state index in [0.29, 0.717) is 43.8 Å². The molecule has 1 heterocycles. The van der Waals surface area contributed by atoms with Gasteiger partial charge in [-0.2, -0.15) is 13.2 Å². The van der Waals surface area contributed by atoms with Crippen molar-refractivity contribution in [3.05, 3.63) is 29.8 Å². The third-order valence-electron chi connectivity index (χ3n) is 5.92. The highest BCUT2D eigenvalue weighted by Crippen LogP contribution is 2.25. The normalized spacial score (nSPS) is 19.1. The van der Waals surface area contributed by atoms with Crippen LogP contribution in [0.25, 0.3) is 0 Å². The number of amides is 2. The van der Waals surface area contributed by atoms with Crippen molar-refractivity contribution < 1.29 is 27.5 Å². The molecule has 8 heteroatoms. The molecule has 0 aromatic heterocycles. The molecule has 33 heavy (non-hydrogen) atoms. The predicted molar refractivity (Wildman–Crippen MR) is 122 cm³/mol. The second kappa shape index (κ2) is 12.8. The van der Waals surface area contributed by atoms with Gasteiger partial charge in [0.1, 0.15) is 12.4 Å². The zero-order valence-electron chi connectivity index (χ0n) is 20.0. The van der Waals surface area contributed by atoms with Crippen LogP contribution in [0.2, 0.25) is 0 Å². The molecule has 0 aliphatic carbocycles. The molecule has 2 amide bonds. The molecule has 186 valence electrons. The number of carbonyl (C=O) groups is 2. The van der Waals surface area contributed by atoms with E-state index in [0.717, 1.165) is 19.3 Å². The summed E-state index contributed by atoms with van der Waals surface area (Å²) in [4.78, 5) is 29.4. The van der Waals surface area contributed by atoms with E-state index < -0.39 is 24.9 Å². The van der Waals surface area contributed by atoms with Gasteiger partial charge < -0.3 is 14.5 Å². The summed E-state index contributed by atoms with van der Waals surface area (Å²) < 4.78 is 44.4. The molecule has 0 fully saturated rings. The summed E-state index contributed by atoms with van der Waals surface area (Å²) in [6, 6.07) is 6.68. The standard InChI is InChI=1S/C25H37F3N2O3/c1-4-29-15-9-5-6-10-16-30(23(31)13-14-25(26,27)28)20(17-19(2)3)18-33-22-12-8-7-11-21(22)24(29)32/h7-8,11-12,19-20H,4-6,9-10,13-18H2,1-3H3/t20-/m0/s1. The minimum Gasteiger partial charge on any atom is -0.491 e. The van der Waals surface area contributed by atoms with Gasteiger partial charge in [-0.1, -0.05) is 38.8 Å². The largest absolute Gasteiger partial charge is 0.491 e. The van der Waals surface area contributed by atoms with E-state index in [1.54, 1.807) is 29.2 Å². The van der Waals surface area contributed by atoms with Crippen LogP contribution >= 0.6 is 0 Å². The number of alkyl halides is 3. The first-order chi connectivity index (χ1) is 15.6. The molecule has 1 aliphatic rings. The van der Waals surface area contributed by atoms with Crippen LogP contribution in [0.15, 0.2) is 24.3 Å². The SMILES string of the molecule is CCN1CCCCCCN(C(=O)CCC(F)(F)F)[C@@H](CC(C)C)COc2ccccc2C1=O. The zero-order valence-corrected chi connectivity index (χ0v) is 20.0. The molecular weight excluding hydrogens is 433 g/mol. The predicted octanol–water partition coefficient (Wildman–Crippen LogP) is 5.69. The van der Waals surface area contributed by atoms with E-state index in [1.807, 2.05) is 25.7 Å². The maximum atomic E-state index is 13.1. The first kappa shape index (κ1) is 27.0. The number of halogens is 3. The van der Waals surface area contributed by atoms with E-state index in [1.165, 1.54) is 0 Å². The monoisotopic (exact) mass is 470 g/mol. The number of benzene rings is 1. The number of rotatable bonds is 5. The number of fused-ring (bicyclic) bond motifs is 1. The number of hydrogen-bond donors (Lipinski definition) is 0. The van der Waals surface area contributed by atoms with Gasteiger partial charge in [0.2, 0.25) is 5.91 Å². The van der Waals surface area contributed by atoms with Crippen molar-refractivity contribution >= 4 is 11.8 Å². The van der Waals surface area contributed by atoms with Crippen molar-refractivity contribution in [3.63, 3.8) is 0 Å². The van der Waals surface area contributed by atoms with Gasteiger partial charge in [-0.25, -0.2) is 0 Å². The quantitative estimate of drug-likeness (QED) is 0.556. The number of para-hydroxylation sites is 1. The summed E-state index contributed by atoms with van der Waals surface area (Å²) in [5, 5.41) is 0. The average molecular weight is 471 g/mol. The molecule has 1 aliphatic heterocycles. The van der Waals surface area contributed by atoms with E-state index in [4.69, 9.17) is 4.74 Å². The molecule has 5 nitrogen and oxygen atoms in total. The van der Waals surface area contributed by atoms with Crippen molar-refractivity contribution in [2.45, 2.75) is 77.9 Å². The lowest BCUT2D eigenvalue weighted by Gasteiger charge is -2.34. The Morgan fingerprint density at radius 3 is 2.42 bits per heavy atom. The lowest BCUT2D eigenvalue weighted by molar-refractivity contribution is -0.151. The summed E-state index contributed by atoms with van der Waals surface area (Å²) in [5.41, 5.74) is 0.467.